The summed E-state index contributed by atoms with van der Waals surface area (Å²) < 4.78 is 0. The van der Waals surface area contributed by atoms with Crippen LogP contribution in [0.5, 0.6) is 0 Å². The molecule has 0 aliphatic rings. The number of nitrogens with zero attached hydrogens (tertiary/aromatic N) is 1. The van der Waals surface area contributed by atoms with Crippen LogP contribution in [0.25, 0.3) is 0 Å². The number of hydrogen-bond donors (Lipinski definition) is 1. The van der Waals surface area contributed by atoms with Gasteiger partial charge < -0.3 is 4.90 Å². The molecule has 1 rings (SSSR count). The second kappa shape index (κ2) is 5.93. The smallest absolute Gasteiger partial charge is 0.179 e. The van der Waals surface area contributed by atoms with Crippen molar-refractivity contribution in [1.29, 1.82) is 0 Å². The van der Waals surface area contributed by atoms with Gasteiger partial charge in [-0.2, -0.15) is 0 Å². The first-order chi connectivity index (χ1) is 7.15. The summed E-state index contributed by atoms with van der Waals surface area (Å²) in [4.78, 5) is 6.05. The van der Waals surface area contributed by atoms with E-state index in [9.17, 15) is 0 Å². The summed E-state index contributed by atoms with van der Waals surface area (Å²) in [6.07, 6.45) is 2.37. The molecule has 0 saturated heterocycles. The Hall–Kier alpha value is -0.800. The van der Waals surface area contributed by atoms with Crippen molar-refractivity contribution in [3.63, 3.8) is 0 Å². The number of thioether (sulfide) groups is 1. The molecule has 2 nitrogen and oxygen atoms in total. The molecule has 1 N–H and O–H groups in total. The summed E-state index contributed by atoms with van der Waals surface area (Å²) in [6, 6.07) is 10.3. The van der Waals surface area contributed by atoms with Gasteiger partial charge in [0.05, 0.1) is 14.1 Å². The standard InChI is InChI=1S/C12H18N2S/c1-10(14(2)3)13-12(15-4)11-8-6-5-7-9-11/h5-10H,1-4H3/p+1. The number of benzene rings is 1. The van der Waals surface area contributed by atoms with Crippen LogP contribution in [-0.2, 0) is 0 Å². The van der Waals surface area contributed by atoms with Crippen molar-refractivity contribution in [2.75, 3.05) is 20.4 Å². The van der Waals surface area contributed by atoms with Crippen LogP contribution in [0.4, 0.5) is 0 Å². The second-order valence-electron chi connectivity index (χ2n) is 3.76. The van der Waals surface area contributed by atoms with Gasteiger partial charge in [0, 0.05) is 12.5 Å². The Balaban J connectivity index is 2.89. The topological polar surface area (TPSA) is 16.8 Å². The normalized spacial score (nSPS) is 14.3. The Bertz CT molecular complexity index is 320. The van der Waals surface area contributed by atoms with Gasteiger partial charge >= 0.3 is 0 Å². The van der Waals surface area contributed by atoms with Crippen molar-refractivity contribution in [1.82, 2.24) is 0 Å². The monoisotopic (exact) mass is 223 g/mol. The highest BCUT2D eigenvalue weighted by molar-refractivity contribution is 8.13. The van der Waals surface area contributed by atoms with E-state index < -0.39 is 0 Å². The fourth-order valence-corrected chi connectivity index (χ4v) is 1.77. The molecule has 1 atom stereocenters. The van der Waals surface area contributed by atoms with Crippen molar-refractivity contribution < 1.29 is 4.90 Å². The van der Waals surface area contributed by atoms with Crippen molar-refractivity contribution in [2.45, 2.75) is 13.1 Å². The lowest BCUT2D eigenvalue weighted by Crippen LogP contribution is -3.09. The summed E-state index contributed by atoms with van der Waals surface area (Å²) >= 11 is 1.71. The maximum Gasteiger partial charge on any atom is 0.179 e. The average molecular weight is 223 g/mol. The quantitative estimate of drug-likeness (QED) is 0.603. The zero-order valence-electron chi connectivity index (χ0n) is 9.82. The van der Waals surface area contributed by atoms with Crippen LogP contribution in [0.15, 0.2) is 35.3 Å². The molecular weight excluding hydrogens is 204 g/mol. The van der Waals surface area contributed by atoms with Gasteiger partial charge in [-0.3, -0.25) is 0 Å². The average Bonchev–Trinajstić information content (AvgIpc) is 2.26. The maximum atomic E-state index is 4.71. The molecule has 0 saturated carbocycles. The van der Waals surface area contributed by atoms with Crippen LogP contribution in [0.1, 0.15) is 12.5 Å². The van der Waals surface area contributed by atoms with Crippen LogP contribution in [0, 0.1) is 0 Å². The largest absolute Gasteiger partial charge is 0.319 e. The first-order valence-corrected chi connectivity index (χ1v) is 6.35. The number of aliphatic imine (C=N–C) groups is 1. The van der Waals surface area contributed by atoms with Crippen molar-refractivity contribution >= 4 is 16.8 Å². The minimum atomic E-state index is 0.299. The molecule has 1 aromatic carbocycles. The third kappa shape index (κ3) is 3.68. The highest BCUT2D eigenvalue weighted by Crippen LogP contribution is 2.10. The molecule has 0 bridgehead atoms. The van der Waals surface area contributed by atoms with Crippen molar-refractivity contribution in [3.8, 4) is 0 Å². The third-order valence-electron chi connectivity index (χ3n) is 2.36. The molecule has 1 unspecified atom stereocenters. The Labute approximate surface area is 96.4 Å². The van der Waals surface area contributed by atoms with Gasteiger partial charge in [-0.05, 0) is 6.26 Å². The number of quaternary nitrogens is 1. The highest BCUT2D eigenvalue weighted by Gasteiger charge is 2.08. The molecule has 0 aromatic heterocycles. The van der Waals surface area contributed by atoms with E-state index in [0.29, 0.717) is 6.17 Å². The van der Waals surface area contributed by atoms with E-state index in [4.69, 9.17) is 4.99 Å². The second-order valence-corrected chi connectivity index (χ2v) is 4.55. The Morgan fingerprint density at radius 2 is 1.87 bits per heavy atom. The summed E-state index contributed by atoms with van der Waals surface area (Å²) in [5.74, 6) is 0. The molecule has 3 heteroatoms. The Morgan fingerprint density at radius 3 is 2.33 bits per heavy atom. The molecule has 0 aliphatic heterocycles. The van der Waals surface area contributed by atoms with E-state index in [-0.39, 0.29) is 0 Å². The van der Waals surface area contributed by atoms with Gasteiger partial charge in [0.25, 0.3) is 0 Å². The molecule has 0 radical (unpaired) electrons. The van der Waals surface area contributed by atoms with Gasteiger partial charge in [0.2, 0.25) is 0 Å². The number of hydrogen-bond acceptors (Lipinski definition) is 2. The lowest BCUT2D eigenvalue weighted by atomic mass is 10.2. The zero-order valence-corrected chi connectivity index (χ0v) is 10.6. The van der Waals surface area contributed by atoms with E-state index in [1.165, 1.54) is 10.5 Å². The predicted molar refractivity (Wildman–Crippen MR) is 68.8 cm³/mol. The van der Waals surface area contributed by atoms with Gasteiger partial charge in [-0.1, -0.05) is 30.3 Å². The number of nitrogens with one attached hydrogen (secondary N) is 1. The van der Waals surface area contributed by atoms with Gasteiger partial charge in [0.15, 0.2) is 6.17 Å². The fraction of sp³-hybridized carbons (Fsp3) is 0.417. The predicted octanol–water partition coefficient (Wildman–Crippen LogP) is 1.29. The van der Waals surface area contributed by atoms with Crippen LogP contribution >= 0.6 is 11.8 Å². The Kier molecular flexibility index (Phi) is 4.85. The molecular formula is C12H19N2S+. The van der Waals surface area contributed by atoms with Crippen molar-refractivity contribution in [2.24, 2.45) is 4.99 Å². The first kappa shape index (κ1) is 12.3. The van der Waals surface area contributed by atoms with Crippen LogP contribution < -0.4 is 4.90 Å². The third-order valence-corrected chi connectivity index (χ3v) is 3.09. The lowest BCUT2D eigenvalue weighted by molar-refractivity contribution is -0.882. The molecule has 0 aliphatic carbocycles. The minimum Gasteiger partial charge on any atom is -0.319 e. The molecule has 82 valence electrons. The van der Waals surface area contributed by atoms with Gasteiger partial charge in [0.1, 0.15) is 5.04 Å². The van der Waals surface area contributed by atoms with Crippen LogP contribution in [0.2, 0.25) is 0 Å². The lowest BCUT2D eigenvalue weighted by Gasteiger charge is -2.14. The van der Waals surface area contributed by atoms with Gasteiger partial charge in [-0.25, -0.2) is 4.99 Å². The molecule has 0 fully saturated rings. The van der Waals surface area contributed by atoms with Crippen LogP contribution in [-0.4, -0.2) is 31.6 Å². The molecule has 0 amide bonds. The van der Waals surface area contributed by atoms with E-state index in [2.05, 4.69) is 39.4 Å². The summed E-state index contributed by atoms with van der Waals surface area (Å²) in [5.41, 5.74) is 1.21. The number of rotatable bonds is 3. The molecule has 0 heterocycles. The maximum absolute atomic E-state index is 4.71. The van der Waals surface area contributed by atoms with Crippen LogP contribution in [0.3, 0.4) is 0 Å². The van der Waals surface area contributed by atoms with Gasteiger partial charge in [-0.15, -0.1) is 11.8 Å². The Morgan fingerprint density at radius 1 is 1.27 bits per heavy atom. The zero-order chi connectivity index (χ0) is 11.3. The van der Waals surface area contributed by atoms with Crippen molar-refractivity contribution in [3.05, 3.63) is 35.9 Å². The SMILES string of the molecule is CSC(=NC(C)[NH+](C)C)c1ccccc1. The first-order valence-electron chi connectivity index (χ1n) is 5.12. The van der Waals surface area contributed by atoms with E-state index >= 15 is 0 Å². The molecule has 15 heavy (non-hydrogen) atoms. The summed E-state index contributed by atoms with van der Waals surface area (Å²) in [5, 5.41) is 1.12. The highest BCUT2D eigenvalue weighted by atomic mass is 32.2. The fourth-order valence-electron chi connectivity index (χ4n) is 1.13. The van der Waals surface area contributed by atoms with E-state index in [1.54, 1.807) is 11.8 Å². The minimum absolute atomic E-state index is 0.299. The molecule has 1 aromatic rings. The summed E-state index contributed by atoms with van der Waals surface area (Å²) in [6.45, 7) is 2.13. The summed E-state index contributed by atoms with van der Waals surface area (Å²) in [7, 11) is 4.24. The molecule has 0 spiro atoms. The van der Waals surface area contributed by atoms with E-state index in [1.807, 2.05) is 18.2 Å². The van der Waals surface area contributed by atoms with E-state index in [0.717, 1.165) is 5.04 Å².